The van der Waals surface area contributed by atoms with Crippen LogP contribution >= 0.6 is 0 Å². The Kier molecular flexibility index (Phi) is 5.08. The van der Waals surface area contributed by atoms with E-state index < -0.39 is 0 Å². The Morgan fingerprint density at radius 2 is 2.20 bits per heavy atom. The Morgan fingerprint density at radius 3 is 2.80 bits per heavy atom. The van der Waals surface area contributed by atoms with E-state index in [0.29, 0.717) is 24.8 Å². The highest BCUT2D eigenvalue weighted by atomic mass is 16.5. The molecule has 4 N–H and O–H groups in total. The average molecular weight is 279 g/mol. The van der Waals surface area contributed by atoms with Gasteiger partial charge >= 0.3 is 0 Å². The second kappa shape index (κ2) is 6.81. The Labute approximate surface area is 118 Å². The second-order valence-corrected chi connectivity index (χ2v) is 5.09. The van der Waals surface area contributed by atoms with Crippen LogP contribution in [-0.2, 0) is 11.3 Å². The number of morpholine rings is 1. The molecule has 1 aromatic rings. The van der Waals surface area contributed by atoms with Crippen LogP contribution in [0.5, 0.6) is 0 Å². The summed E-state index contributed by atoms with van der Waals surface area (Å²) in [5.41, 5.74) is 3.76. The molecule has 1 aliphatic rings. The maximum absolute atomic E-state index is 11.4. The van der Waals surface area contributed by atoms with Crippen molar-refractivity contribution in [3.05, 3.63) is 35.4 Å². The minimum atomic E-state index is -0.295. The van der Waals surface area contributed by atoms with Crippen molar-refractivity contribution in [3.8, 4) is 0 Å². The smallest absolute Gasteiger partial charge is 0.265 e. The van der Waals surface area contributed by atoms with Gasteiger partial charge in [-0.3, -0.25) is 15.1 Å². The van der Waals surface area contributed by atoms with Crippen molar-refractivity contribution < 1.29 is 14.6 Å². The van der Waals surface area contributed by atoms with Crippen LogP contribution < -0.4 is 11.3 Å². The number of rotatable bonds is 4. The standard InChI is InChI=1S/C14H21N3O3/c1-10-9-20-13(8-18)7-17(10)6-11-2-4-12(5-3-11)14(19)16-15/h2-5,10,13,18H,6-9,15H2,1H3,(H,16,19). The number of aliphatic hydroxyl groups is 1. The largest absolute Gasteiger partial charge is 0.394 e. The molecule has 110 valence electrons. The van der Waals surface area contributed by atoms with Gasteiger partial charge in [0.1, 0.15) is 0 Å². The first-order valence-corrected chi connectivity index (χ1v) is 6.70. The summed E-state index contributed by atoms with van der Waals surface area (Å²) in [5, 5.41) is 9.18. The van der Waals surface area contributed by atoms with Crippen LogP contribution in [0.1, 0.15) is 22.8 Å². The summed E-state index contributed by atoms with van der Waals surface area (Å²) >= 11 is 0. The van der Waals surface area contributed by atoms with Crippen molar-refractivity contribution in [3.63, 3.8) is 0 Å². The number of benzene rings is 1. The van der Waals surface area contributed by atoms with E-state index in [9.17, 15) is 9.90 Å². The van der Waals surface area contributed by atoms with Crippen LogP contribution in [0.25, 0.3) is 0 Å². The van der Waals surface area contributed by atoms with Crippen LogP contribution in [0.2, 0.25) is 0 Å². The van der Waals surface area contributed by atoms with Gasteiger partial charge in [0, 0.05) is 24.7 Å². The van der Waals surface area contributed by atoms with Crippen molar-refractivity contribution >= 4 is 5.91 Å². The highest BCUT2D eigenvalue weighted by Gasteiger charge is 2.25. The summed E-state index contributed by atoms with van der Waals surface area (Å²) in [5.74, 6) is 4.80. The fourth-order valence-electron chi connectivity index (χ4n) is 2.29. The molecule has 1 aromatic carbocycles. The molecular formula is C14H21N3O3. The predicted molar refractivity (Wildman–Crippen MR) is 74.8 cm³/mol. The molecule has 0 aromatic heterocycles. The number of ether oxygens (including phenoxy) is 1. The zero-order chi connectivity index (χ0) is 14.5. The quantitative estimate of drug-likeness (QED) is 0.406. The number of nitrogens with two attached hydrogens (primary N) is 1. The Morgan fingerprint density at radius 1 is 1.50 bits per heavy atom. The van der Waals surface area contributed by atoms with E-state index in [-0.39, 0.29) is 18.6 Å². The lowest BCUT2D eigenvalue weighted by Crippen LogP contribution is -2.48. The molecule has 1 saturated heterocycles. The van der Waals surface area contributed by atoms with E-state index >= 15 is 0 Å². The molecule has 0 bridgehead atoms. The predicted octanol–water partition coefficient (Wildman–Crippen LogP) is -0.128. The Balaban J connectivity index is 2.00. The van der Waals surface area contributed by atoms with E-state index in [1.807, 2.05) is 12.1 Å². The molecule has 0 aliphatic carbocycles. The summed E-state index contributed by atoms with van der Waals surface area (Å²) in [6, 6.07) is 7.66. The van der Waals surface area contributed by atoms with Gasteiger partial charge < -0.3 is 9.84 Å². The zero-order valence-corrected chi connectivity index (χ0v) is 11.6. The summed E-state index contributed by atoms with van der Waals surface area (Å²) in [6.07, 6.45) is -0.117. The van der Waals surface area contributed by atoms with Gasteiger partial charge in [-0.1, -0.05) is 12.1 Å². The number of hydrazine groups is 1. The number of nitrogens with one attached hydrogen (secondary N) is 1. The van der Waals surface area contributed by atoms with Gasteiger partial charge in [-0.2, -0.15) is 0 Å². The van der Waals surface area contributed by atoms with E-state index in [1.165, 1.54) is 0 Å². The van der Waals surface area contributed by atoms with Crippen LogP contribution in [0.15, 0.2) is 24.3 Å². The van der Waals surface area contributed by atoms with Crippen LogP contribution in [0.3, 0.4) is 0 Å². The van der Waals surface area contributed by atoms with E-state index in [1.54, 1.807) is 12.1 Å². The van der Waals surface area contributed by atoms with Crippen molar-refractivity contribution in [2.24, 2.45) is 5.84 Å². The minimum Gasteiger partial charge on any atom is -0.394 e. The molecule has 0 saturated carbocycles. The molecule has 0 spiro atoms. The zero-order valence-electron chi connectivity index (χ0n) is 11.6. The summed E-state index contributed by atoms with van der Waals surface area (Å²) < 4.78 is 5.51. The molecule has 1 aliphatic heterocycles. The van der Waals surface area contributed by atoms with Crippen molar-refractivity contribution in [2.75, 3.05) is 19.8 Å². The number of carbonyl (C=O) groups excluding carboxylic acids is 1. The fraction of sp³-hybridized carbons (Fsp3) is 0.500. The number of aliphatic hydroxyl groups excluding tert-OH is 1. The lowest BCUT2D eigenvalue weighted by Gasteiger charge is -2.37. The molecule has 20 heavy (non-hydrogen) atoms. The second-order valence-electron chi connectivity index (χ2n) is 5.09. The van der Waals surface area contributed by atoms with Crippen molar-refractivity contribution in [1.29, 1.82) is 0 Å². The van der Waals surface area contributed by atoms with E-state index in [4.69, 9.17) is 10.6 Å². The third kappa shape index (κ3) is 3.55. The summed E-state index contributed by atoms with van der Waals surface area (Å²) in [6.45, 7) is 4.25. The lowest BCUT2D eigenvalue weighted by molar-refractivity contribution is -0.0805. The molecule has 1 amide bonds. The fourth-order valence-corrected chi connectivity index (χ4v) is 2.29. The molecule has 6 heteroatoms. The molecule has 1 heterocycles. The van der Waals surface area contributed by atoms with Crippen LogP contribution in [0, 0.1) is 0 Å². The van der Waals surface area contributed by atoms with Gasteiger partial charge in [-0.15, -0.1) is 0 Å². The number of nitrogen functional groups attached to an aromatic ring is 1. The molecule has 6 nitrogen and oxygen atoms in total. The number of nitrogens with zero attached hydrogens (tertiary/aromatic N) is 1. The van der Waals surface area contributed by atoms with Gasteiger partial charge in [0.15, 0.2) is 0 Å². The van der Waals surface area contributed by atoms with Gasteiger partial charge in [0.2, 0.25) is 0 Å². The van der Waals surface area contributed by atoms with E-state index in [0.717, 1.165) is 12.1 Å². The Bertz CT molecular complexity index is 449. The molecule has 2 unspecified atom stereocenters. The third-order valence-electron chi connectivity index (χ3n) is 3.57. The van der Waals surface area contributed by atoms with Gasteiger partial charge in [0.25, 0.3) is 5.91 Å². The molecule has 1 fully saturated rings. The number of amides is 1. The van der Waals surface area contributed by atoms with E-state index in [2.05, 4.69) is 17.2 Å². The SMILES string of the molecule is CC1COC(CO)CN1Cc1ccc(C(=O)NN)cc1. The molecule has 2 rings (SSSR count). The lowest BCUT2D eigenvalue weighted by atomic mass is 10.1. The number of carbonyl (C=O) groups is 1. The summed E-state index contributed by atoms with van der Waals surface area (Å²) in [7, 11) is 0. The first-order chi connectivity index (χ1) is 9.63. The topological polar surface area (TPSA) is 87.8 Å². The molecule has 2 atom stereocenters. The maximum atomic E-state index is 11.4. The highest BCUT2D eigenvalue weighted by Crippen LogP contribution is 2.16. The molecule has 0 radical (unpaired) electrons. The van der Waals surface area contributed by atoms with Crippen molar-refractivity contribution in [1.82, 2.24) is 10.3 Å². The minimum absolute atomic E-state index is 0.0405. The van der Waals surface area contributed by atoms with Gasteiger partial charge in [0.05, 0.1) is 19.3 Å². The highest BCUT2D eigenvalue weighted by molar-refractivity contribution is 5.93. The van der Waals surface area contributed by atoms with Crippen LogP contribution in [0.4, 0.5) is 0 Å². The first-order valence-electron chi connectivity index (χ1n) is 6.70. The normalized spacial score (nSPS) is 23.6. The number of hydrogen-bond donors (Lipinski definition) is 3. The van der Waals surface area contributed by atoms with Gasteiger partial charge in [-0.05, 0) is 24.6 Å². The molecular weight excluding hydrogens is 258 g/mol. The van der Waals surface area contributed by atoms with Crippen LogP contribution in [-0.4, -0.2) is 47.8 Å². The first kappa shape index (κ1) is 14.9. The Hall–Kier alpha value is -1.47. The van der Waals surface area contributed by atoms with Crippen molar-refractivity contribution in [2.45, 2.75) is 25.6 Å². The summed E-state index contributed by atoms with van der Waals surface area (Å²) in [4.78, 5) is 13.6. The van der Waals surface area contributed by atoms with Gasteiger partial charge in [-0.25, -0.2) is 5.84 Å². The monoisotopic (exact) mass is 279 g/mol. The third-order valence-corrected chi connectivity index (χ3v) is 3.57. The number of hydrogen-bond acceptors (Lipinski definition) is 5. The maximum Gasteiger partial charge on any atom is 0.265 e. The average Bonchev–Trinajstić information content (AvgIpc) is 2.49.